The van der Waals surface area contributed by atoms with Crippen LogP contribution in [0.15, 0.2) is 0 Å². The van der Waals surface area contributed by atoms with Crippen LogP contribution >= 0.6 is 0 Å². The van der Waals surface area contributed by atoms with E-state index in [1.54, 1.807) is 18.7 Å². The molecule has 2 unspecified atom stereocenters. The van der Waals surface area contributed by atoms with Crippen LogP contribution in [0.5, 0.6) is 0 Å². The van der Waals surface area contributed by atoms with Crippen LogP contribution in [0.3, 0.4) is 0 Å². The minimum atomic E-state index is -0.473. The van der Waals surface area contributed by atoms with Crippen molar-refractivity contribution in [1.29, 1.82) is 0 Å². The standard InChI is InChI=1S/C10H23N5O2/c1-4-5-6-15(7(2)9(16)13-11)8(3)10(17)14-12/h7-8H,4-6,11-12H2,1-3H3,(H,13,16)(H,14,17). The largest absolute Gasteiger partial charge is 0.293 e. The lowest BCUT2D eigenvalue weighted by molar-refractivity contribution is -0.131. The zero-order chi connectivity index (χ0) is 13.4. The monoisotopic (exact) mass is 245 g/mol. The summed E-state index contributed by atoms with van der Waals surface area (Å²) in [5.74, 6) is 9.55. The highest BCUT2D eigenvalue weighted by Crippen LogP contribution is 2.08. The quantitative estimate of drug-likeness (QED) is 0.257. The van der Waals surface area contributed by atoms with Crippen LogP contribution in [0.25, 0.3) is 0 Å². The Morgan fingerprint density at radius 1 is 1.12 bits per heavy atom. The van der Waals surface area contributed by atoms with E-state index in [4.69, 9.17) is 11.7 Å². The zero-order valence-electron chi connectivity index (χ0n) is 10.7. The van der Waals surface area contributed by atoms with Gasteiger partial charge in [-0.3, -0.25) is 25.3 Å². The first kappa shape index (κ1) is 15.8. The summed E-state index contributed by atoms with van der Waals surface area (Å²) in [6.45, 7) is 6.09. The zero-order valence-corrected chi connectivity index (χ0v) is 10.7. The first-order valence-corrected chi connectivity index (χ1v) is 5.76. The Labute approximate surface area is 102 Å². The van der Waals surface area contributed by atoms with E-state index in [0.717, 1.165) is 12.8 Å². The summed E-state index contributed by atoms with van der Waals surface area (Å²) in [4.78, 5) is 24.8. The first-order chi connectivity index (χ1) is 7.99. The summed E-state index contributed by atoms with van der Waals surface area (Å²) >= 11 is 0. The van der Waals surface area contributed by atoms with Gasteiger partial charge in [-0.1, -0.05) is 13.3 Å². The third-order valence-electron chi connectivity index (χ3n) is 2.81. The third-order valence-corrected chi connectivity index (χ3v) is 2.81. The molecule has 100 valence electrons. The molecule has 0 heterocycles. The summed E-state index contributed by atoms with van der Waals surface area (Å²) < 4.78 is 0. The van der Waals surface area contributed by atoms with Crippen LogP contribution < -0.4 is 22.5 Å². The molecule has 6 N–H and O–H groups in total. The number of nitrogens with zero attached hydrogens (tertiary/aromatic N) is 1. The number of amides is 2. The van der Waals surface area contributed by atoms with Crippen LogP contribution in [0, 0.1) is 0 Å². The Kier molecular flexibility index (Phi) is 7.44. The topological polar surface area (TPSA) is 113 Å². The van der Waals surface area contributed by atoms with Crippen molar-refractivity contribution in [3.05, 3.63) is 0 Å². The SMILES string of the molecule is CCCCN(C(C)C(=O)NN)C(C)C(=O)NN. The van der Waals surface area contributed by atoms with Crippen LogP contribution in [0.4, 0.5) is 0 Å². The van der Waals surface area contributed by atoms with Crippen molar-refractivity contribution in [1.82, 2.24) is 15.8 Å². The molecule has 0 aliphatic carbocycles. The molecular formula is C10H23N5O2. The molecule has 0 saturated carbocycles. The molecule has 17 heavy (non-hydrogen) atoms. The van der Waals surface area contributed by atoms with E-state index in [0.29, 0.717) is 6.54 Å². The molecule has 0 saturated heterocycles. The predicted octanol–water partition coefficient (Wildman–Crippen LogP) is -1.15. The van der Waals surface area contributed by atoms with E-state index < -0.39 is 12.1 Å². The lowest BCUT2D eigenvalue weighted by Gasteiger charge is -2.32. The Hall–Kier alpha value is -1.18. The Bertz CT molecular complexity index is 237. The van der Waals surface area contributed by atoms with Crippen molar-refractivity contribution >= 4 is 11.8 Å². The number of hydrogen-bond acceptors (Lipinski definition) is 5. The van der Waals surface area contributed by atoms with Gasteiger partial charge in [-0.25, -0.2) is 11.7 Å². The first-order valence-electron chi connectivity index (χ1n) is 5.76. The molecule has 0 aromatic rings. The fourth-order valence-corrected chi connectivity index (χ4v) is 1.61. The maximum Gasteiger partial charge on any atom is 0.250 e. The van der Waals surface area contributed by atoms with Gasteiger partial charge in [-0.05, 0) is 26.8 Å². The number of unbranched alkanes of at least 4 members (excludes halogenated alkanes) is 1. The van der Waals surface area contributed by atoms with Gasteiger partial charge in [0.2, 0.25) is 0 Å². The van der Waals surface area contributed by atoms with Gasteiger partial charge in [0.05, 0.1) is 12.1 Å². The van der Waals surface area contributed by atoms with E-state index in [2.05, 4.69) is 10.9 Å². The molecule has 0 bridgehead atoms. The number of rotatable bonds is 7. The van der Waals surface area contributed by atoms with Crippen LogP contribution in [-0.2, 0) is 9.59 Å². The van der Waals surface area contributed by atoms with Gasteiger partial charge in [0.1, 0.15) is 0 Å². The van der Waals surface area contributed by atoms with Crippen molar-refractivity contribution in [3.63, 3.8) is 0 Å². The fourth-order valence-electron chi connectivity index (χ4n) is 1.61. The molecule has 0 spiro atoms. The average Bonchev–Trinajstić information content (AvgIpc) is 2.36. The Morgan fingerprint density at radius 2 is 1.53 bits per heavy atom. The average molecular weight is 245 g/mol. The van der Waals surface area contributed by atoms with Crippen LogP contribution in [0.1, 0.15) is 33.6 Å². The minimum absolute atomic E-state index is 0.322. The van der Waals surface area contributed by atoms with Crippen molar-refractivity contribution in [2.45, 2.75) is 45.7 Å². The lowest BCUT2D eigenvalue weighted by atomic mass is 10.1. The van der Waals surface area contributed by atoms with Crippen molar-refractivity contribution < 1.29 is 9.59 Å². The highest BCUT2D eigenvalue weighted by Gasteiger charge is 2.28. The number of nitrogens with two attached hydrogens (primary N) is 2. The highest BCUT2D eigenvalue weighted by atomic mass is 16.2. The van der Waals surface area contributed by atoms with Crippen molar-refractivity contribution in [2.24, 2.45) is 11.7 Å². The molecule has 0 aliphatic rings. The number of hydrazine groups is 2. The second-order valence-electron chi connectivity index (χ2n) is 3.96. The second kappa shape index (κ2) is 7.99. The number of carbonyl (C=O) groups is 2. The summed E-state index contributed by atoms with van der Waals surface area (Å²) in [5, 5.41) is 0. The normalized spacial score (nSPS) is 14.2. The number of hydrogen-bond donors (Lipinski definition) is 4. The van der Waals surface area contributed by atoms with E-state index in [1.807, 2.05) is 6.92 Å². The van der Waals surface area contributed by atoms with E-state index in [1.165, 1.54) is 0 Å². The molecule has 2 amide bonds. The van der Waals surface area contributed by atoms with Gasteiger partial charge in [0.15, 0.2) is 0 Å². The maximum atomic E-state index is 11.5. The van der Waals surface area contributed by atoms with E-state index in [9.17, 15) is 9.59 Å². The minimum Gasteiger partial charge on any atom is -0.293 e. The molecule has 0 rings (SSSR count). The summed E-state index contributed by atoms with van der Waals surface area (Å²) in [6, 6.07) is -0.947. The molecule has 0 aromatic carbocycles. The molecule has 0 aromatic heterocycles. The van der Waals surface area contributed by atoms with Crippen molar-refractivity contribution in [3.8, 4) is 0 Å². The van der Waals surface area contributed by atoms with E-state index in [-0.39, 0.29) is 11.8 Å². The van der Waals surface area contributed by atoms with Gasteiger partial charge in [0.25, 0.3) is 11.8 Å². The summed E-state index contributed by atoms with van der Waals surface area (Å²) in [5.41, 5.74) is 4.18. The van der Waals surface area contributed by atoms with E-state index >= 15 is 0 Å². The number of carbonyl (C=O) groups excluding carboxylic acids is 2. The Morgan fingerprint density at radius 3 is 1.82 bits per heavy atom. The predicted molar refractivity (Wildman–Crippen MR) is 65.2 cm³/mol. The number of nitrogens with one attached hydrogen (secondary N) is 2. The Balaban J connectivity index is 4.73. The van der Waals surface area contributed by atoms with Gasteiger partial charge >= 0.3 is 0 Å². The molecular weight excluding hydrogens is 222 g/mol. The van der Waals surface area contributed by atoms with Crippen LogP contribution in [-0.4, -0.2) is 35.3 Å². The smallest absolute Gasteiger partial charge is 0.250 e. The molecule has 2 atom stereocenters. The molecule has 7 heteroatoms. The second-order valence-corrected chi connectivity index (χ2v) is 3.96. The molecule has 0 aliphatic heterocycles. The molecule has 7 nitrogen and oxygen atoms in total. The summed E-state index contributed by atoms with van der Waals surface area (Å²) in [6.07, 6.45) is 1.87. The van der Waals surface area contributed by atoms with Gasteiger partial charge in [-0.15, -0.1) is 0 Å². The summed E-state index contributed by atoms with van der Waals surface area (Å²) in [7, 11) is 0. The molecule has 0 fully saturated rings. The van der Waals surface area contributed by atoms with Gasteiger partial charge in [0, 0.05) is 0 Å². The van der Waals surface area contributed by atoms with Gasteiger partial charge in [-0.2, -0.15) is 0 Å². The highest BCUT2D eigenvalue weighted by molar-refractivity contribution is 5.84. The maximum absolute atomic E-state index is 11.5. The molecule has 0 radical (unpaired) electrons. The van der Waals surface area contributed by atoms with Gasteiger partial charge < -0.3 is 0 Å². The van der Waals surface area contributed by atoms with Crippen molar-refractivity contribution in [2.75, 3.05) is 6.54 Å². The fraction of sp³-hybridized carbons (Fsp3) is 0.800. The third kappa shape index (κ3) is 4.68. The van der Waals surface area contributed by atoms with Crippen LogP contribution in [0.2, 0.25) is 0 Å². The lowest BCUT2D eigenvalue weighted by Crippen LogP contribution is -2.55.